The van der Waals surface area contributed by atoms with E-state index in [-0.39, 0.29) is 54.5 Å². The average molecular weight is 454 g/mol. The van der Waals surface area contributed by atoms with Crippen LogP contribution in [0.3, 0.4) is 0 Å². The number of ether oxygens (including phenoxy) is 1. The van der Waals surface area contributed by atoms with Crippen LogP contribution >= 0.6 is 0 Å². The second-order valence-corrected chi connectivity index (χ2v) is 7.17. The number of nitrogens with zero attached hydrogens (tertiary/aromatic N) is 5. The quantitative estimate of drug-likeness (QED) is 0.582. The summed E-state index contributed by atoms with van der Waals surface area (Å²) in [4.78, 5) is 22.2. The van der Waals surface area contributed by atoms with Crippen LogP contribution in [0.2, 0.25) is 0 Å². The molecule has 32 heavy (non-hydrogen) atoms. The molecule has 1 unspecified atom stereocenters. The van der Waals surface area contributed by atoms with Gasteiger partial charge in [0.2, 0.25) is 0 Å². The second kappa shape index (κ2) is 8.67. The zero-order chi connectivity index (χ0) is 22.9. The molecule has 0 radical (unpaired) electrons. The third kappa shape index (κ3) is 4.94. The lowest BCUT2D eigenvalue weighted by atomic mass is 10.2. The molecule has 9 nitrogen and oxygen atoms in total. The van der Waals surface area contributed by atoms with Gasteiger partial charge in [-0.2, -0.15) is 18.3 Å². The van der Waals surface area contributed by atoms with Crippen LogP contribution in [-0.4, -0.2) is 74.2 Å². The van der Waals surface area contributed by atoms with Crippen LogP contribution < -0.4 is 5.32 Å². The van der Waals surface area contributed by atoms with Crippen molar-refractivity contribution in [1.82, 2.24) is 24.6 Å². The summed E-state index contributed by atoms with van der Waals surface area (Å²) in [7, 11) is 0. The first-order valence-corrected chi connectivity index (χ1v) is 9.56. The van der Waals surface area contributed by atoms with E-state index in [4.69, 9.17) is 4.74 Å². The van der Waals surface area contributed by atoms with E-state index in [0.29, 0.717) is 4.68 Å². The summed E-state index contributed by atoms with van der Waals surface area (Å²) in [6.07, 6.45) is -3.04. The predicted molar refractivity (Wildman–Crippen MR) is 104 cm³/mol. The maximum absolute atomic E-state index is 13.5. The van der Waals surface area contributed by atoms with Crippen molar-refractivity contribution in [2.45, 2.75) is 18.8 Å². The minimum atomic E-state index is -4.58. The Morgan fingerprint density at radius 2 is 2.12 bits per heavy atom. The number of alkyl halides is 3. The Bertz CT molecular complexity index is 1140. The van der Waals surface area contributed by atoms with Crippen LogP contribution in [0.15, 0.2) is 30.6 Å². The monoisotopic (exact) mass is 454 g/mol. The number of hydrogen-bond acceptors (Lipinski definition) is 7. The lowest BCUT2D eigenvalue weighted by Gasteiger charge is -2.20. The Labute approximate surface area is 178 Å². The number of amides is 1. The van der Waals surface area contributed by atoms with Crippen molar-refractivity contribution in [3.05, 3.63) is 42.1 Å². The number of anilines is 2. The highest BCUT2D eigenvalue weighted by Gasteiger charge is 2.31. The van der Waals surface area contributed by atoms with E-state index in [9.17, 15) is 27.5 Å². The smallest absolute Gasteiger partial charge is 0.389 e. The third-order valence-corrected chi connectivity index (χ3v) is 4.69. The van der Waals surface area contributed by atoms with Gasteiger partial charge in [-0.15, -0.1) is 0 Å². The highest BCUT2D eigenvalue weighted by atomic mass is 19.4. The molecule has 0 spiro atoms. The van der Waals surface area contributed by atoms with Gasteiger partial charge in [-0.25, -0.2) is 9.37 Å². The number of halogens is 4. The maximum atomic E-state index is 13.5. The molecule has 3 aromatic heterocycles. The number of nitrogens with one attached hydrogen (secondary N) is 1. The third-order valence-electron chi connectivity index (χ3n) is 4.69. The fraction of sp³-hybridized carbons (Fsp3) is 0.368. The normalized spacial score (nSPS) is 17.4. The SMILES string of the molecule is O=C(c1cc2c(cn1)c(Nc1cc(F)ccn1)nn2CC(F)(F)F)N1CCOCC(O)C1. The Morgan fingerprint density at radius 1 is 1.31 bits per heavy atom. The Balaban J connectivity index is 1.71. The molecule has 1 aliphatic heterocycles. The van der Waals surface area contributed by atoms with Crippen LogP contribution in [0, 0.1) is 5.82 Å². The topological polar surface area (TPSA) is 105 Å². The Kier molecular flexibility index (Phi) is 5.93. The number of rotatable bonds is 4. The fourth-order valence-electron chi connectivity index (χ4n) is 3.30. The Hall–Kier alpha value is -3.32. The molecule has 170 valence electrons. The summed E-state index contributed by atoms with van der Waals surface area (Å²) in [6, 6.07) is 3.39. The summed E-state index contributed by atoms with van der Waals surface area (Å²) in [5, 5.41) is 16.7. The summed E-state index contributed by atoms with van der Waals surface area (Å²) in [5.74, 6) is -1.12. The van der Waals surface area contributed by atoms with Crippen LogP contribution in [0.1, 0.15) is 10.5 Å². The predicted octanol–water partition coefficient (Wildman–Crippen LogP) is 2.10. The number of carbonyl (C=O) groups is 1. The van der Waals surface area contributed by atoms with Gasteiger partial charge in [0, 0.05) is 31.5 Å². The van der Waals surface area contributed by atoms with E-state index in [1.54, 1.807) is 0 Å². The zero-order valence-electron chi connectivity index (χ0n) is 16.5. The minimum absolute atomic E-state index is 0.00574. The number of pyridine rings is 2. The molecule has 0 bridgehead atoms. The van der Waals surface area contributed by atoms with Crippen LogP contribution in [0.25, 0.3) is 10.9 Å². The first-order valence-electron chi connectivity index (χ1n) is 9.56. The lowest BCUT2D eigenvalue weighted by molar-refractivity contribution is -0.141. The van der Waals surface area contributed by atoms with E-state index in [1.807, 2.05) is 0 Å². The van der Waals surface area contributed by atoms with E-state index >= 15 is 0 Å². The van der Waals surface area contributed by atoms with Crippen molar-refractivity contribution < 1.29 is 32.2 Å². The lowest BCUT2D eigenvalue weighted by Crippen LogP contribution is -2.38. The van der Waals surface area contributed by atoms with E-state index in [1.165, 1.54) is 23.4 Å². The number of aliphatic hydroxyl groups is 1. The van der Waals surface area contributed by atoms with Crippen molar-refractivity contribution in [3.8, 4) is 0 Å². The highest BCUT2D eigenvalue weighted by molar-refractivity contribution is 5.98. The maximum Gasteiger partial charge on any atom is 0.408 e. The first kappa shape index (κ1) is 21.9. The molecular weight excluding hydrogens is 436 g/mol. The number of hydrogen-bond donors (Lipinski definition) is 2. The molecule has 4 heterocycles. The van der Waals surface area contributed by atoms with E-state index in [0.717, 1.165) is 12.1 Å². The number of aromatic nitrogens is 4. The molecule has 1 atom stereocenters. The molecule has 1 saturated heterocycles. The first-order chi connectivity index (χ1) is 15.2. The van der Waals surface area contributed by atoms with Gasteiger partial charge in [0.1, 0.15) is 23.9 Å². The molecular formula is C19H18F4N6O3. The van der Waals surface area contributed by atoms with E-state index in [2.05, 4.69) is 20.4 Å². The zero-order valence-corrected chi connectivity index (χ0v) is 16.5. The molecule has 13 heteroatoms. The van der Waals surface area contributed by atoms with Gasteiger partial charge in [-0.3, -0.25) is 14.5 Å². The Morgan fingerprint density at radius 3 is 2.88 bits per heavy atom. The van der Waals surface area contributed by atoms with Crippen molar-refractivity contribution in [3.63, 3.8) is 0 Å². The molecule has 1 amide bonds. The van der Waals surface area contributed by atoms with E-state index < -0.39 is 30.5 Å². The molecule has 0 aromatic carbocycles. The number of β-amino-alcohol motifs (C(OH)–C–C–N with tert-alkyl or cyclic N) is 1. The summed E-state index contributed by atoms with van der Waals surface area (Å²) in [6.45, 7) is -0.896. The summed E-state index contributed by atoms with van der Waals surface area (Å²) >= 11 is 0. The van der Waals surface area contributed by atoms with Crippen LogP contribution in [0.4, 0.5) is 29.2 Å². The van der Waals surface area contributed by atoms with Crippen molar-refractivity contribution in [2.24, 2.45) is 0 Å². The summed E-state index contributed by atoms with van der Waals surface area (Å²) < 4.78 is 58.7. The largest absolute Gasteiger partial charge is 0.408 e. The van der Waals surface area contributed by atoms with Gasteiger partial charge in [-0.05, 0) is 12.1 Å². The van der Waals surface area contributed by atoms with Gasteiger partial charge in [0.25, 0.3) is 5.91 Å². The molecule has 0 saturated carbocycles. The molecule has 2 N–H and O–H groups in total. The van der Waals surface area contributed by atoms with Gasteiger partial charge in [0.05, 0.1) is 30.2 Å². The molecule has 4 rings (SSSR count). The standard InChI is InChI=1S/C19H18F4N6O3/c20-11-1-2-24-16(5-11)26-17-13-7-25-14(6-15(13)29(27-17)10-19(21,22)23)18(31)28-3-4-32-9-12(30)8-28/h1-2,5-7,12,30H,3-4,8-10H2,(H,24,26,27). The van der Waals surface area contributed by atoms with Crippen LogP contribution in [0.5, 0.6) is 0 Å². The average Bonchev–Trinajstić information content (AvgIpc) is 2.89. The molecule has 1 fully saturated rings. The molecule has 3 aromatic rings. The van der Waals surface area contributed by atoms with Gasteiger partial charge >= 0.3 is 6.18 Å². The second-order valence-electron chi connectivity index (χ2n) is 7.17. The number of aliphatic hydroxyl groups excluding tert-OH is 1. The van der Waals surface area contributed by atoms with Gasteiger partial charge < -0.3 is 20.1 Å². The molecule has 0 aliphatic carbocycles. The van der Waals surface area contributed by atoms with Crippen molar-refractivity contribution in [2.75, 3.05) is 31.6 Å². The van der Waals surface area contributed by atoms with Crippen molar-refractivity contribution in [1.29, 1.82) is 0 Å². The minimum Gasteiger partial charge on any atom is -0.389 e. The number of carbonyl (C=O) groups excluding carboxylic acids is 1. The van der Waals surface area contributed by atoms with Crippen molar-refractivity contribution >= 4 is 28.4 Å². The van der Waals surface area contributed by atoms with Gasteiger partial charge in [0.15, 0.2) is 5.82 Å². The number of fused-ring (bicyclic) bond motifs is 1. The summed E-state index contributed by atoms with van der Waals surface area (Å²) in [5.41, 5.74) is -0.100. The van der Waals surface area contributed by atoms with Crippen LogP contribution in [-0.2, 0) is 11.3 Å². The van der Waals surface area contributed by atoms with Gasteiger partial charge in [-0.1, -0.05) is 0 Å². The highest BCUT2D eigenvalue weighted by Crippen LogP contribution is 2.28. The fourth-order valence-corrected chi connectivity index (χ4v) is 3.30. The molecule has 1 aliphatic rings.